The fourth-order valence-corrected chi connectivity index (χ4v) is 4.12. The first-order valence-electron chi connectivity index (χ1n) is 10.9. The third-order valence-electron chi connectivity index (χ3n) is 5.33. The molecule has 3 heterocycles. The van der Waals surface area contributed by atoms with E-state index >= 15 is 0 Å². The van der Waals surface area contributed by atoms with Gasteiger partial charge in [-0.25, -0.2) is 14.4 Å². The fourth-order valence-electron chi connectivity index (χ4n) is 3.59. The van der Waals surface area contributed by atoms with Crippen molar-refractivity contribution >= 4 is 23.0 Å². The average Bonchev–Trinajstić information content (AvgIpc) is 3.65. The third-order valence-corrected chi connectivity index (χ3v) is 6.10. The highest BCUT2D eigenvalue weighted by Gasteiger charge is 2.23. The largest absolute Gasteiger partial charge is 0.442 e. The minimum Gasteiger partial charge on any atom is -0.442 e. The summed E-state index contributed by atoms with van der Waals surface area (Å²) in [4.78, 5) is 40.5. The normalized spacial score (nSPS) is 11.7. The van der Waals surface area contributed by atoms with E-state index in [2.05, 4.69) is 31.3 Å². The SMILES string of the molecule is N#Cc1nc(-c2ccc(F)cc2)[nH]c1C(CCCCCC(=O)c1ncco1)NC(=O)c1cncs1. The molecule has 178 valence electrons. The number of halogens is 1. The van der Waals surface area contributed by atoms with E-state index in [1.54, 1.807) is 17.6 Å². The molecule has 0 bridgehead atoms. The minimum atomic E-state index is -0.525. The molecule has 0 aliphatic heterocycles. The Morgan fingerprint density at radius 1 is 1.23 bits per heavy atom. The summed E-state index contributed by atoms with van der Waals surface area (Å²) in [6, 6.07) is 7.31. The number of ketones is 1. The second-order valence-corrected chi connectivity index (χ2v) is 8.60. The quantitative estimate of drug-likeness (QED) is 0.226. The lowest BCUT2D eigenvalue weighted by molar-refractivity contribution is 0.0935. The summed E-state index contributed by atoms with van der Waals surface area (Å²) in [7, 11) is 0. The molecule has 0 saturated carbocycles. The molecule has 3 aromatic heterocycles. The lowest BCUT2D eigenvalue weighted by Gasteiger charge is -2.17. The molecule has 0 aliphatic rings. The lowest BCUT2D eigenvalue weighted by atomic mass is 10.0. The summed E-state index contributed by atoms with van der Waals surface area (Å²) in [5.41, 5.74) is 2.81. The summed E-state index contributed by atoms with van der Waals surface area (Å²) in [5, 5.41) is 12.6. The zero-order valence-electron chi connectivity index (χ0n) is 18.5. The number of H-pyrrole nitrogens is 1. The van der Waals surface area contributed by atoms with Crippen molar-refractivity contribution in [2.24, 2.45) is 0 Å². The Hall–Kier alpha value is -4.17. The van der Waals surface area contributed by atoms with Crippen molar-refractivity contribution in [1.82, 2.24) is 25.3 Å². The van der Waals surface area contributed by atoms with Gasteiger partial charge in [0.05, 0.1) is 29.6 Å². The molecular weight excluding hydrogens is 471 g/mol. The van der Waals surface area contributed by atoms with E-state index in [0.29, 0.717) is 47.6 Å². The number of imidazole rings is 1. The average molecular weight is 493 g/mol. The van der Waals surface area contributed by atoms with Gasteiger partial charge in [0.2, 0.25) is 5.78 Å². The first-order valence-corrected chi connectivity index (χ1v) is 11.8. The highest BCUT2D eigenvalue weighted by atomic mass is 32.1. The van der Waals surface area contributed by atoms with Crippen LogP contribution in [0.2, 0.25) is 0 Å². The Labute approximate surface area is 204 Å². The van der Waals surface area contributed by atoms with Crippen LogP contribution in [0.4, 0.5) is 4.39 Å². The molecular formula is C24H21FN6O3S. The fraction of sp³-hybridized carbons (Fsp3) is 0.250. The van der Waals surface area contributed by atoms with E-state index in [1.165, 1.54) is 42.1 Å². The Bertz CT molecular complexity index is 1310. The number of hydrogen-bond acceptors (Lipinski definition) is 8. The molecule has 0 spiro atoms. The van der Waals surface area contributed by atoms with Crippen LogP contribution in [0.15, 0.2) is 52.9 Å². The first-order chi connectivity index (χ1) is 17.0. The van der Waals surface area contributed by atoms with Gasteiger partial charge in [0.1, 0.15) is 28.9 Å². The number of amides is 1. The van der Waals surface area contributed by atoms with Gasteiger partial charge in [-0.3, -0.25) is 14.6 Å². The molecule has 4 rings (SSSR count). The van der Waals surface area contributed by atoms with Crippen LogP contribution in [-0.4, -0.2) is 31.6 Å². The van der Waals surface area contributed by atoms with E-state index in [4.69, 9.17) is 4.42 Å². The highest BCUT2D eigenvalue weighted by molar-refractivity contribution is 7.11. The van der Waals surface area contributed by atoms with Crippen molar-refractivity contribution in [3.05, 3.63) is 76.4 Å². The molecule has 0 radical (unpaired) electrons. The number of nitrogens with zero attached hydrogens (tertiary/aromatic N) is 4. The number of unbranched alkanes of at least 4 members (excludes halogenated alkanes) is 2. The van der Waals surface area contributed by atoms with Crippen molar-refractivity contribution in [2.75, 3.05) is 0 Å². The molecule has 1 aromatic carbocycles. The number of thiazole rings is 1. The highest BCUT2D eigenvalue weighted by Crippen LogP contribution is 2.27. The number of oxazole rings is 1. The number of carbonyl (C=O) groups is 2. The monoisotopic (exact) mass is 492 g/mol. The van der Waals surface area contributed by atoms with E-state index < -0.39 is 6.04 Å². The van der Waals surface area contributed by atoms with Gasteiger partial charge in [-0.05, 0) is 37.1 Å². The van der Waals surface area contributed by atoms with Crippen LogP contribution in [0.5, 0.6) is 0 Å². The van der Waals surface area contributed by atoms with Crippen LogP contribution in [0.25, 0.3) is 11.4 Å². The van der Waals surface area contributed by atoms with E-state index in [0.717, 1.165) is 6.42 Å². The molecule has 9 nitrogen and oxygen atoms in total. The Morgan fingerprint density at radius 3 is 2.74 bits per heavy atom. The van der Waals surface area contributed by atoms with Gasteiger partial charge in [0, 0.05) is 12.0 Å². The van der Waals surface area contributed by atoms with Crippen LogP contribution in [0, 0.1) is 17.1 Å². The summed E-state index contributed by atoms with van der Waals surface area (Å²) < 4.78 is 18.4. The van der Waals surface area contributed by atoms with E-state index in [-0.39, 0.29) is 29.1 Å². The van der Waals surface area contributed by atoms with E-state index in [9.17, 15) is 19.2 Å². The standard InChI is InChI=1S/C24H21FN6O3S/c25-16-8-6-15(7-9-16)22-29-18(12-26)21(31-22)17(30-23(33)20-13-27-14-35-20)4-2-1-3-5-19(32)24-28-10-11-34-24/h6-11,13-14,17H,1-5H2,(H,29,31)(H,30,33). The number of benzene rings is 1. The van der Waals surface area contributed by atoms with Gasteiger partial charge in [0.15, 0.2) is 5.69 Å². The maximum absolute atomic E-state index is 13.3. The molecule has 11 heteroatoms. The van der Waals surface area contributed by atoms with Crippen molar-refractivity contribution in [1.29, 1.82) is 5.26 Å². The van der Waals surface area contributed by atoms with Gasteiger partial charge < -0.3 is 14.7 Å². The number of nitrogens with one attached hydrogen (secondary N) is 2. The molecule has 0 saturated heterocycles. The van der Waals surface area contributed by atoms with Gasteiger partial charge in [0.25, 0.3) is 11.8 Å². The predicted octanol–water partition coefficient (Wildman–Crippen LogP) is 4.84. The van der Waals surface area contributed by atoms with Gasteiger partial charge >= 0.3 is 0 Å². The molecule has 35 heavy (non-hydrogen) atoms. The Kier molecular flexibility index (Phi) is 7.74. The lowest BCUT2D eigenvalue weighted by Crippen LogP contribution is -2.28. The number of carbonyl (C=O) groups excluding carboxylic acids is 2. The van der Waals surface area contributed by atoms with Gasteiger partial charge in [-0.15, -0.1) is 11.3 Å². The second kappa shape index (κ2) is 11.3. The molecule has 1 atom stereocenters. The Morgan fingerprint density at radius 2 is 2.06 bits per heavy atom. The molecule has 4 aromatic rings. The van der Waals surface area contributed by atoms with Crippen LogP contribution in [-0.2, 0) is 0 Å². The number of hydrogen-bond donors (Lipinski definition) is 2. The van der Waals surface area contributed by atoms with Crippen molar-refractivity contribution in [2.45, 2.75) is 38.1 Å². The molecule has 0 fully saturated rings. The predicted molar refractivity (Wildman–Crippen MR) is 125 cm³/mol. The zero-order valence-corrected chi connectivity index (χ0v) is 19.3. The summed E-state index contributed by atoms with van der Waals surface area (Å²) in [5.74, 6) is -0.334. The maximum Gasteiger partial charge on any atom is 0.263 e. The van der Waals surface area contributed by atoms with Crippen LogP contribution in [0.3, 0.4) is 0 Å². The van der Waals surface area contributed by atoms with E-state index in [1.807, 2.05) is 0 Å². The Balaban J connectivity index is 1.47. The molecule has 1 unspecified atom stereocenters. The first kappa shape index (κ1) is 24.0. The topological polar surface area (TPSA) is 138 Å². The summed E-state index contributed by atoms with van der Waals surface area (Å²) in [6.45, 7) is 0. The number of nitriles is 1. The number of Topliss-reactive ketones (excluding diaryl/α,β-unsaturated/α-hetero) is 1. The number of aromatic amines is 1. The smallest absolute Gasteiger partial charge is 0.263 e. The van der Waals surface area contributed by atoms with Crippen molar-refractivity contribution in [3.63, 3.8) is 0 Å². The summed E-state index contributed by atoms with van der Waals surface area (Å²) >= 11 is 1.21. The van der Waals surface area contributed by atoms with Crippen LogP contribution >= 0.6 is 11.3 Å². The van der Waals surface area contributed by atoms with Crippen LogP contribution < -0.4 is 5.32 Å². The number of rotatable bonds is 11. The molecule has 2 N–H and O–H groups in total. The molecule has 1 amide bonds. The summed E-state index contributed by atoms with van der Waals surface area (Å²) in [6.07, 6.45) is 7.13. The second-order valence-electron chi connectivity index (χ2n) is 7.72. The van der Waals surface area contributed by atoms with Crippen molar-refractivity contribution in [3.8, 4) is 17.5 Å². The van der Waals surface area contributed by atoms with Crippen LogP contribution in [0.1, 0.15) is 69.9 Å². The van der Waals surface area contributed by atoms with Gasteiger partial charge in [-0.1, -0.05) is 12.8 Å². The number of aromatic nitrogens is 4. The van der Waals surface area contributed by atoms with Gasteiger partial charge in [-0.2, -0.15) is 5.26 Å². The zero-order chi connectivity index (χ0) is 24.6. The molecule has 0 aliphatic carbocycles. The third kappa shape index (κ3) is 6.04. The van der Waals surface area contributed by atoms with Crippen molar-refractivity contribution < 1.29 is 18.4 Å². The minimum absolute atomic E-state index is 0.101. The maximum atomic E-state index is 13.3.